The lowest BCUT2D eigenvalue weighted by Gasteiger charge is -2.32. The summed E-state index contributed by atoms with van der Waals surface area (Å²) in [6.07, 6.45) is 4.65. The van der Waals surface area contributed by atoms with Crippen molar-refractivity contribution in [3.63, 3.8) is 0 Å². The first-order chi connectivity index (χ1) is 17.1. The Morgan fingerprint density at radius 2 is 1.94 bits per heavy atom. The van der Waals surface area contributed by atoms with Crippen LogP contribution in [0, 0.1) is 0 Å². The number of allylic oxidation sites excluding steroid dienone is 1. The minimum atomic E-state index is 0.0950. The van der Waals surface area contributed by atoms with Gasteiger partial charge in [0.15, 0.2) is 11.5 Å². The van der Waals surface area contributed by atoms with Gasteiger partial charge in [-0.25, -0.2) is 4.99 Å². The van der Waals surface area contributed by atoms with E-state index in [2.05, 4.69) is 46.0 Å². The summed E-state index contributed by atoms with van der Waals surface area (Å²) >= 11 is 1.48. The van der Waals surface area contributed by atoms with E-state index in [9.17, 15) is 4.79 Å². The van der Waals surface area contributed by atoms with E-state index < -0.39 is 0 Å². The number of amides is 1. The van der Waals surface area contributed by atoms with Crippen LogP contribution in [0.4, 0.5) is 5.69 Å². The van der Waals surface area contributed by atoms with Crippen LogP contribution in [0.25, 0.3) is 22.3 Å². The number of hydrogen-bond donors (Lipinski definition) is 1. The molecule has 0 unspecified atom stereocenters. The van der Waals surface area contributed by atoms with Crippen LogP contribution in [-0.2, 0) is 6.42 Å². The Morgan fingerprint density at radius 3 is 2.71 bits per heavy atom. The Hall–Kier alpha value is -3.69. The van der Waals surface area contributed by atoms with Crippen LogP contribution in [0.3, 0.4) is 0 Å². The van der Waals surface area contributed by atoms with Crippen LogP contribution in [0.15, 0.2) is 48.5 Å². The zero-order valence-electron chi connectivity index (χ0n) is 19.9. The molecule has 1 aliphatic heterocycles. The fraction of sp³-hybridized carbons (Fsp3) is 0.269. The van der Waals surface area contributed by atoms with E-state index >= 15 is 0 Å². The van der Waals surface area contributed by atoms with Crippen LogP contribution >= 0.6 is 11.3 Å². The zero-order chi connectivity index (χ0) is 24.4. The molecule has 35 heavy (non-hydrogen) atoms. The van der Waals surface area contributed by atoms with Crippen molar-refractivity contribution in [2.75, 3.05) is 33.2 Å². The molecule has 0 radical (unpaired) electrons. The molecule has 1 saturated heterocycles. The number of thiophene rings is 1. The van der Waals surface area contributed by atoms with Crippen molar-refractivity contribution in [3.05, 3.63) is 70.4 Å². The fourth-order valence-corrected chi connectivity index (χ4v) is 5.15. The van der Waals surface area contributed by atoms with Gasteiger partial charge in [0.25, 0.3) is 5.91 Å². The van der Waals surface area contributed by atoms with Gasteiger partial charge in [-0.1, -0.05) is 18.2 Å². The average molecular weight is 487 g/mol. The molecular formula is C26H28N7OS+. The molecule has 8 nitrogen and oxygen atoms in total. The van der Waals surface area contributed by atoms with Crippen molar-refractivity contribution in [3.8, 4) is 10.6 Å². The lowest BCUT2D eigenvalue weighted by molar-refractivity contribution is -0.342. The van der Waals surface area contributed by atoms with Gasteiger partial charge < -0.3 is 9.80 Å². The molecule has 0 aliphatic carbocycles. The number of fused-ring (bicyclic) bond motifs is 1. The molecule has 0 bridgehead atoms. The van der Waals surface area contributed by atoms with Gasteiger partial charge in [-0.15, -0.1) is 21.5 Å². The summed E-state index contributed by atoms with van der Waals surface area (Å²) in [7, 11) is 2.09. The third kappa shape index (κ3) is 4.78. The van der Waals surface area contributed by atoms with E-state index in [0.29, 0.717) is 12.1 Å². The van der Waals surface area contributed by atoms with Gasteiger partial charge >= 0.3 is 0 Å². The van der Waals surface area contributed by atoms with Crippen LogP contribution in [-0.4, -0.2) is 75.5 Å². The van der Waals surface area contributed by atoms with Gasteiger partial charge in [0.1, 0.15) is 12.4 Å². The molecule has 0 spiro atoms. The Labute approximate surface area is 208 Å². The number of hydrogen-bond acceptors (Lipinski definition) is 6. The molecule has 4 heterocycles. The first-order valence-electron chi connectivity index (χ1n) is 11.6. The van der Waals surface area contributed by atoms with Crippen molar-refractivity contribution in [2.45, 2.75) is 13.3 Å². The maximum Gasteiger partial charge on any atom is 0.264 e. The molecule has 9 heteroatoms. The zero-order valence-corrected chi connectivity index (χ0v) is 20.8. The molecule has 1 N–H and O–H groups in total. The Kier molecular flexibility index (Phi) is 6.52. The number of aromatic nitrogens is 4. The fourth-order valence-electron chi connectivity index (χ4n) is 4.21. The predicted molar refractivity (Wildman–Crippen MR) is 139 cm³/mol. The van der Waals surface area contributed by atoms with E-state index in [1.807, 2.05) is 54.3 Å². The van der Waals surface area contributed by atoms with E-state index in [1.165, 1.54) is 11.3 Å². The smallest absolute Gasteiger partial charge is 0.264 e. The topological polar surface area (TPSA) is 80.6 Å². The van der Waals surface area contributed by atoms with Crippen molar-refractivity contribution in [1.29, 1.82) is 0 Å². The predicted octanol–water partition coefficient (Wildman–Crippen LogP) is 2.28. The number of carbonyl (C=O) groups is 1. The molecule has 5 rings (SSSR count). The third-order valence-corrected chi connectivity index (χ3v) is 7.30. The standard InChI is InChI=1S/C26H27N7OS/c1-4-5-19-16-18(6-7-20(19)27-2)17-25-29-28-24-11-8-21(30-33(24)25)22-9-10-23(35-22)26(34)32-14-12-31(3)13-15-32/h4-11,16H,2,12-15,17H2,1,3H3/p+1/b5-4-. The van der Waals surface area contributed by atoms with E-state index in [-0.39, 0.29) is 5.91 Å². The van der Waals surface area contributed by atoms with E-state index in [0.717, 1.165) is 64.3 Å². The second-order valence-corrected chi connectivity index (χ2v) is 9.72. The monoisotopic (exact) mass is 486 g/mol. The van der Waals surface area contributed by atoms with Gasteiger partial charge in [0.2, 0.25) is 5.69 Å². The minimum Gasteiger partial charge on any atom is -0.335 e. The number of carbonyl (C=O) groups excluding carboxylic acids is 1. The number of piperazine rings is 1. The van der Waals surface area contributed by atoms with E-state index in [1.54, 1.807) is 4.52 Å². The van der Waals surface area contributed by atoms with E-state index in [4.69, 9.17) is 5.10 Å². The summed E-state index contributed by atoms with van der Waals surface area (Å²) in [5.74, 6) is 0.853. The SMILES string of the molecule is C=[NH+]c1ccc(Cc2nnc3ccc(-c4ccc(C(=O)N5CCN(C)CC5)s4)nn23)cc1/C=C\C. The van der Waals surface area contributed by atoms with Crippen molar-refractivity contribution in [2.24, 2.45) is 0 Å². The molecule has 1 amide bonds. The van der Waals surface area contributed by atoms with Crippen LogP contribution in [0.2, 0.25) is 0 Å². The first-order valence-corrected chi connectivity index (χ1v) is 12.5. The molecule has 0 saturated carbocycles. The lowest BCUT2D eigenvalue weighted by atomic mass is 10.1. The van der Waals surface area contributed by atoms with Crippen LogP contribution in [0.1, 0.15) is 33.5 Å². The molecule has 4 aromatic rings. The van der Waals surface area contributed by atoms with Crippen LogP contribution < -0.4 is 4.99 Å². The Morgan fingerprint density at radius 1 is 1.11 bits per heavy atom. The number of nitrogens with zero attached hydrogens (tertiary/aromatic N) is 6. The van der Waals surface area contributed by atoms with Gasteiger partial charge in [0, 0.05) is 44.2 Å². The quantitative estimate of drug-likeness (QED) is 0.423. The second kappa shape index (κ2) is 9.89. The van der Waals surface area contributed by atoms with Crippen molar-refractivity contribution in [1.82, 2.24) is 29.6 Å². The number of benzene rings is 1. The molecular weight excluding hydrogens is 458 g/mol. The molecule has 178 valence electrons. The van der Waals surface area contributed by atoms with Gasteiger partial charge in [-0.2, -0.15) is 9.61 Å². The maximum absolute atomic E-state index is 13.0. The molecule has 0 atom stereocenters. The highest BCUT2D eigenvalue weighted by Crippen LogP contribution is 2.28. The highest BCUT2D eigenvalue weighted by Gasteiger charge is 2.22. The molecule has 1 aliphatic rings. The summed E-state index contributed by atoms with van der Waals surface area (Å²) in [4.78, 5) is 21.8. The summed E-state index contributed by atoms with van der Waals surface area (Å²) in [6.45, 7) is 9.11. The van der Waals surface area contributed by atoms with Gasteiger partial charge in [-0.05, 0) is 49.9 Å². The van der Waals surface area contributed by atoms with Gasteiger partial charge in [-0.3, -0.25) is 4.79 Å². The Balaban J connectivity index is 1.40. The highest BCUT2D eigenvalue weighted by molar-refractivity contribution is 7.17. The minimum absolute atomic E-state index is 0.0950. The maximum atomic E-state index is 13.0. The third-order valence-electron chi connectivity index (χ3n) is 6.20. The first kappa shape index (κ1) is 23.1. The summed E-state index contributed by atoms with van der Waals surface area (Å²) in [6, 6.07) is 13.9. The largest absolute Gasteiger partial charge is 0.335 e. The Bertz CT molecular complexity index is 1410. The molecule has 1 aromatic carbocycles. The summed E-state index contributed by atoms with van der Waals surface area (Å²) in [5.41, 5.74) is 4.64. The number of nitrogens with one attached hydrogen (secondary N) is 1. The molecule has 1 fully saturated rings. The number of likely N-dealkylation sites (N-methyl/N-ethyl adjacent to an activating group) is 1. The van der Waals surface area contributed by atoms with Crippen molar-refractivity contribution >= 4 is 41.4 Å². The second-order valence-electron chi connectivity index (χ2n) is 8.64. The van der Waals surface area contributed by atoms with Gasteiger partial charge in [0.05, 0.1) is 9.75 Å². The molecule has 3 aromatic heterocycles. The highest BCUT2D eigenvalue weighted by atomic mass is 32.1. The summed E-state index contributed by atoms with van der Waals surface area (Å²) in [5, 5.41) is 13.5. The average Bonchev–Trinajstić information content (AvgIpc) is 3.52. The van der Waals surface area contributed by atoms with Crippen molar-refractivity contribution < 1.29 is 9.79 Å². The number of rotatable bonds is 6. The lowest BCUT2D eigenvalue weighted by Crippen LogP contribution is -2.58. The van der Waals surface area contributed by atoms with Crippen LogP contribution in [0.5, 0.6) is 0 Å². The summed E-state index contributed by atoms with van der Waals surface area (Å²) < 4.78 is 1.79. The normalized spacial score (nSPS) is 14.7.